The van der Waals surface area contributed by atoms with Crippen molar-refractivity contribution in [1.82, 2.24) is 29.9 Å². The molecule has 0 bridgehead atoms. The van der Waals surface area contributed by atoms with Crippen LogP contribution in [-0.2, 0) is 17.9 Å². The Morgan fingerprint density at radius 1 is 1.25 bits per heavy atom. The lowest BCUT2D eigenvalue weighted by Crippen LogP contribution is -2.25. The molecular weight excluding hydrogens is 304 g/mol. The fourth-order valence-electron chi connectivity index (χ4n) is 2.61. The van der Waals surface area contributed by atoms with Crippen LogP contribution in [0.3, 0.4) is 0 Å². The van der Waals surface area contributed by atoms with E-state index in [1.54, 1.807) is 11.0 Å². The Hall–Kier alpha value is -2.96. The van der Waals surface area contributed by atoms with Gasteiger partial charge in [-0.05, 0) is 31.5 Å². The first-order chi connectivity index (χ1) is 11.6. The van der Waals surface area contributed by atoms with Gasteiger partial charge in [0.25, 0.3) is 0 Å². The second kappa shape index (κ2) is 7.08. The number of nitrogens with zero attached hydrogens (tertiary/aromatic N) is 5. The molecule has 3 aromatic rings. The van der Waals surface area contributed by atoms with Crippen molar-refractivity contribution >= 4 is 5.91 Å². The molecule has 0 spiro atoms. The lowest BCUT2D eigenvalue weighted by atomic mass is 10.1. The number of carbonyl (C=O) groups excluding carboxylic acids is 1. The number of carbonyl (C=O) groups is 1. The van der Waals surface area contributed by atoms with Crippen LogP contribution in [0, 0.1) is 13.8 Å². The fraction of sp³-hybridized carbons (Fsp3) is 0.294. The molecule has 3 rings (SSSR count). The first-order valence-corrected chi connectivity index (χ1v) is 7.84. The van der Waals surface area contributed by atoms with Gasteiger partial charge in [-0.1, -0.05) is 18.2 Å². The molecule has 0 saturated carbocycles. The largest absolute Gasteiger partial charge is 0.352 e. The van der Waals surface area contributed by atoms with E-state index in [2.05, 4.69) is 20.5 Å². The van der Waals surface area contributed by atoms with Gasteiger partial charge in [-0.3, -0.25) is 9.48 Å². The molecule has 0 fully saturated rings. The molecule has 7 heteroatoms. The topological polar surface area (TPSA) is 77.6 Å². The summed E-state index contributed by atoms with van der Waals surface area (Å²) in [5.41, 5.74) is 3.93. The maximum atomic E-state index is 12.1. The number of para-hydroxylation sites is 1. The molecule has 24 heavy (non-hydrogen) atoms. The minimum absolute atomic E-state index is 0.00375. The Kier molecular flexibility index (Phi) is 4.69. The summed E-state index contributed by atoms with van der Waals surface area (Å²) in [7, 11) is 0. The van der Waals surface area contributed by atoms with Crippen molar-refractivity contribution in [3.63, 3.8) is 0 Å². The molecule has 0 radical (unpaired) electrons. The normalized spacial score (nSPS) is 10.8. The highest BCUT2D eigenvalue weighted by atomic mass is 16.1. The number of aryl methyl sites for hydroxylation is 3. The van der Waals surface area contributed by atoms with Crippen molar-refractivity contribution in [2.45, 2.75) is 33.4 Å². The average Bonchev–Trinajstić information content (AvgIpc) is 3.21. The lowest BCUT2D eigenvalue weighted by molar-refractivity contribution is -0.121. The predicted octanol–water partition coefficient (Wildman–Crippen LogP) is 1.79. The zero-order valence-electron chi connectivity index (χ0n) is 13.8. The first-order valence-electron chi connectivity index (χ1n) is 7.84. The molecule has 124 valence electrons. The summed E-state index contributed by atoms with van der Waals surface area (Å²) in [6.45, 7) is 4.97. The Labute approximate surface area is 140 Å². The molecule has 0 aliphatic heterocycles. The molecule has 0 atom stereocenters. The maximum absolute atomic E-state index is 12.1. The highest BCUT2D eigenvalue weighted by Crippen LogP contribution is 2.12. The van der Waals surface area contributed by atoms with Crippen LogP contribution in [0.2, 0.25) is 0 Å². The van der Waals surface area contributed by atoms with E-state index in [1.807, 2.05) is 48.9 Å². The van der Waals surface area contributed by atoms with Gasteiger partial charge in [0.15, 0.2) is 0 Å². The molecule has 7 nitrogen and oxygen atoms in total. The monoisotopic (exact) mass is 324 g/mol. The van der Waals surface area contributed by atoms with Gasteiger partial charge >= 0.3 is 0 Å². The SMILES string of the molecule is Cc1cc(C)n(CCC(=O)NCc2ccccc2-n2cncn2)n1. The number of benzene rings is 1. The van der Waals surface area contributed by atoms with E-state index in [0.29, 0.717) is 19.5 Å². The number of nitrogens with one attached hydrogen (secondary N) is 1. The predicted molar refractivity (Wildman–Crippen MR) is 89.5 cm³/mol. The summed E-state index contributed by atoms with van der Waals surface area (Å²) in [4.78, 5) is 16.1. The zero-order chi connectivity index (χ0) is 16.9. The van der Waals surface area contributed by atoms with E-state index in [0.717, 1.165) is 22.6 Å². The van der Waals surface area contributed by atoms with Crippen molar-refractivity contribution in [3.8, 4) is 5.69 Å². The van der Waals surface area contributed by atoms with E-state index in [4.69, 9.17) is 0 Å². The molecule has 2 aromatic heterocycles. The summed E-state index contributed by atoms with van der Waals surface area (Å²) < 4.78 is 3.55. The molecule has 1 aromatic carbocycles. The van der Waals surface area contributed by atoms with Crippen LogP contribution in [0.4, 0.5) is 0 Å². The summed E-state index contributed by atoms with van der Waals surface area (Å²) >= 11 is 0. The van der Waals surface area contributed by atoms with Crippen molar-refractivity contribution in [2.24, 2.45) is 0 Å². The molecule has 0 unspecified atom stereocenters. The third-order valence-electron chi connectivity index (χ3n) is 3.79. The van der Waals surface area contributed by atoms with E-state index >= 15 is 0 Å². The van der Waals surface area contributed by atoms with Gasteiger partial charge in [0.2, 0.25) is 5.91 Å². The van der Waals surface area contributed by atoms with Crippen LogP contribution < -0.4 is 5.32 Å². The average molecular weight is 324 g/mol. The van der Waals surface area contributed by atoms with E-state index in [1.165, 1.54) is 6.33 Å². The van der Waals surface area contributed by atoms with Crippen molar-refractivity contribution in [2.75, 3.05) is 0 Å². The van der Waals surface area contributed by atoms with E-state index < -0.39 is 0 Å². The highest BCUT2D eigenvalue weighted by molar-refractivity contribution is 5.75. The third-order valence-corrected chi connectivity index (χ3v) is 3.79. The maximum Gasteiger partial charge on any atom is 0.222 e. The molecule has 0 saturated heterocycles. The van der Waals surface area contributed by atoms with Gasteiger partial charge in [-0.2, -0.15) is 10.2 Å². The number of hydrogen-bond donors (Lipinski definition) is 1. The fourth-order valence-corrected chi connectivity index (χ4v) is 2.61. The van der Waals surface area contributed by atoms with Crippen molar-refractivity contribution < 1.29 is 4.79 Å². The van der Waals surface area contributed by atoms with Crippen LogP contribution >= 0.6 is 0 Å². The Balaban J connectivity index is 1.58. The van der Waals surface area contributed by atoms with Crippen LogP contribution in [0.25, 0.3) is 5.69 Å². The van der Waals surface area contributed by atoms with Crippen LogP contribution in [0.15, 0.2) is 43.0 Å². The van der Waals surface area contributed by atoms with Gasteiger partial charge < -0.3 is 5.32 Å². The third kappa shape index (κ3) is 3.68. The highest BCUT2D eigenvalue weighted by Gasteiger charge is 2.08. The van der Waals surface area contributed by atoms with Gasteiger partial charge in [-0.25, -0.2) is 9.67 Å². The van der Waals surface area contributed by atoms with E-state index in [-0.39, 0.29) is 5.91 Å². The number of amides is 1. The molecule has 2 heterocycles. The molecule has 1 N–H and O–H groups in total. The van der Waals surface area contributed by atoms with Gasteiger partial charge in [0, 0.05) is 25.2 Å². The van der Waals surface area contributed by atoms with Crippen LogP contribution in [0.1, 0.15) is 23.4 Å². The Bertz CT molecular complexity index is 821. The quantitative estimate of drug-likeness (QED) is 0.750. The number of rotatable bonds is 6. The van der Waals surface area contributed by atoms with Crippen LogP contribution in [-0.4, -0.2) is 30.5 Å². The smallest absolute Gasteiger partial charge is 0.222 e. The second-order valence-corrected chi connectivity index (χ2v) is 5.65. The standard InChI is InChI=1S/C17H20N6O/c1-13-9-14(2)22(21-13)8-7-17(24)19-10-15-5-3-4-6-16(15)23-12-18-11-20-23/h3-6,9,11-12H,7-8,10H2,1-2H3,(H,19,24). The first kappa shape index (κ1) is 15.9. The van der Waals surface area contributed by atoms with Crippen LogP contribution in [0.5, 0.6) is 0 Å². The van der Waals surface area contributed by atoms with Crippen molar-refractivity contribution in [3.05, 3.63) is 59.9 Å². The molecular formula is C17H20N6O. The van der Waals surface area contributed by atoms with Gasteiger partial charge in [0.1, 0.15) is 12.7 Å². The minimum atomic E-state index is -0.00375. The number of hydrogen-bond acceptors (Lipinski definition) is 4. The Morgan fingerprint density at radius 2 is 2.08 bits per heavy atom. The summed E-state index contributed by atoms with van der Waals surface area (Å²) in [5.74, 6) is -0.00375. The van der Waals surface area contributed by atoms with Gasteiger partial charge in [-0.15, -0.1) is 0 Å². The number of aromatic nitrogens is 5. The van der Waals surface area contributed by atoms with E-state index in [9.17, 15) is 4.79 Å². The summed E-state index contributed by atoms with van der Waals surface area (Å²) in [6.07, 6.45) is 3.53. The van der Waals surface area contributed by atoms with Gasteiger partial charge in [0.05, 0.1) is 11.4 Å². The summed E-state index contributed by atoms with van der Waals surface area (Å²) in [6, 6.07) is 9.81. The van der Waals surface area contributed by atoms with Crippen molar-refractivity contribution in [1.29, 1.82) is 0 Å². The Morgan fingerprint density at radius 3 is 2.79 bits per heavy atom. The molecule has 0 aliphatic carbocycles. The minimum Gasteiger partial charge on any atom is -0.352 e. The summed E-state index contributed by atoms with van der Waals surface area (Å²) in [5, 5.41) is 11.5. The zero-order valence-corrected chi connectivity index (χ0v) is 13.8. The second-order valence-electron chi connectivity index (χ2n) is 5.65. The lowest BCUT2D eigenvalue weighted by Gasteiger charge is -2.10. The molecule has 1 amide bonds. The molecule has 0 aliphatic rings.